The van der Waals surface area contributed by atoms with E-state index in [-0.39, 0.29) is 6.29 Å². The lowest BCUT2D eigenvalue weighted by atomic mass is 10.6. The van der Waals surface area contributed by atoms with Crippen LogP contribution in [0.5, 0.6) is 0 Å². The average molecular weight is 148 g/mol. The number of hydrogen-bond acceptors (Lipinski definition) is 3. The van der Waals surface area contributed by atoms with Crippen molar-refractivity contribution in [3.05, 3.63) is 0 Å². The summed E-state index contributed by atoms with van der Waals surface area (Å²) in [5.41, 5.74) is 0. The summed E-state index contributed by atoms with van der Waals surface area (Å²) in [5.74, 6) is 0. The normalized spacial score (nSPS) is 24.9. The van der Waals surface area contributed by atoms with Crippen LogP contribution in [0, 0.1) is 0 Å². The van der Waals surface area contributed by atoms with Crippen molar-refractivity contribution >= 4 is 0 Å². The van der Waals surface area contributed by atoms with Crippen LogP contribution in [0.3, 0.4) is 0 Å². The molecule has 0 aromatic carbocycles. The van der Waals surface area contributed by atoms with Crippen LogP contribution < -0.4 is 0 Å². The molecule has 10 heavy (non-hydrogen) atoms. The van der Waals surface area contributed by atoms with Gasteiger partial charge in [-0.05, 0) is 0 Å². The summed E-state index contributed by atoms with van der Waals surface area (Å²) in [6.07, 6.45) is -0.135. The third-order valence-corrected chi connectivity index (χ3v) is 1.05. The van der Waals surface area contributed by atoms with Gasteiger partial charge in [0, 0.05) is 7.11 Å². The Labute approximate surface area is 62.3 Å². The largest absolute Gasteiger partial charge is 0.374 e. The van der Waals surface area contributed by atoms with Crippen LogP contribution in [0.25, 0.3) is 0 Å². The molecule has 1 fully saturated rings. The first-order chi connectivity index (χ1) is 4.93. The number of hydrogen-bond donors (Lipinski definition) is 0. The van der Waals surface area contributed by atoms with E-state index in [0.29, 0.717) is 19.8 Å². The Morgan fingerprint density at radius 1 is 1.30 bits per heavy atom. The Morgan fingerprint density at radius 3 is 2.30 bits per heavy atom. The van der Waals surface area contributed by atoms with Gasteiger partial charge < -0.3 is 14.2 Å². The first-order valence-corrected chi connectivity index (χ1v) is 3.65. The van der Waals surface area contributed by atoms with Gasteiger partial charge in [0.1, 0.15) is 0 Å². The molecular formula is C7H16O3. The van der Waals surface area contributed by atoms with Crippen molar-refractivity contribution in [3.63, 3.8) is 0 Å². The standard InChI is InChI=1S/C5H10O3.C2H6/c1-6-5-4-7-2-3-8-5;1-2/h5H,2-4H2,1H3;1-2H3. The Balaban J connectivity index is 0.000000371. The van der Waals surface area contributed by atoms with E-state index in [0.717, 1.165) is 0 Å². The monoisotopic (exact) mass is 148 g/mol. The lowest BCUT2D eigenvalue weighted by molar-refractivity contribution is -0.199. The highest BCUT2D eigenvalue weighted by Crippen LogP contribution is 1.99. The van der Waals surface area contributed by atoms with Gasteiger partial charge in [-0.1, -0.05) is 13.8 Å². The fraction of sp³-hybridized carbons (Fsp3) is 1.00. The molecule has 0 aliphatic carbocycles. The molecule has 0 spiro atoms. The van der Waals surface area contributed by atoms with E-state index in [1.807, 2.05) is 13.8 Å². The first-order valence-electron chi connectivity index (χ1n) is 3.65. The molecule has 1 aliphatic rings. The van der Waals surface area contributed by atoms with Gasteiger partial charge in [0.05, 0.1) is 19.8 Å². The van der Waals surface area contributed by atoms with E-state index in [9.17, 15) is 0 Å². The molecule has 1 aliphatic heterocycles. The maximum atomic E-state index is 5.08. The lowest BCUT2D eigenvalue weighted by Gasteiger charge is -2.20. The molecule has 0 bridgehead atoms. The van der Waals surface area contributed by atoms with E-state index in [4.69, 9.17) is 14.2 Å². The van der Waals surface area contributed by atoms with Crippen molar-refractivity contribution in [2.24, 2.45) is 0 Å². The second kappa shape index (κ2) is 6.99. The molecule has 1 atom stereocenters. The molecule has 0 saturated carbocycles. The zero-order chi connectivity index (χ0) is 7.82. The van der Waals surface area contributed by atoms with Crippen LogP contribution in [0.2, 0.25) is 0 Å². The van der Waals surface area contributed by atoms with E-state index < -0.39 is 0 Å². The highest BCUT2D eigenvalue weighted by atomic mass is 16.7. The quantitative estimate of drug-likeness (QED) is 0.556. The van der Waals surface area contributed by atoms with Crippen LogP contribution in [0.15, 0.2) is 0 Å². The topological polar surface area (TPSA) is 27.7 Å². The number of ether oxygens (including phenoxy) is 3. The average Bonchev–Trinajstić information content (AvgIpc) is 2.10. The highest BCUT2D eigenvalue weighted by Gasteiger charge is 2.11. The Bertz CT molecular complexity index is 59.9. The molecule has 0 radical (unpaired) electrons. The third-order valence-electron chi connectivity index (χ3n) is 1.05. The molecule has 1 heterocycles. The Kier molecular flexibility index (Phi) is 6.91. The second-order valence-electron chi connectivity index (χ2n) is 1.61. The van der Waals surface area contributed by atoms with Gasteiger partial charge in [-0.2, -0.15) is 0 Å². The minimum atomic E-state index is -0.135. The van der Waals surface area contributed by atoms with Crippen LogP contribution in [0.1, 0.15) is 13.8 Å². The predicted octanol–water partition coefficient (Wildman–Crippen LogP) is 1.03. The number of rotatable bonds is 1. The van der Waals surface area contributed by atoms with E-state index in [1.54, 1.807) is 7.11 Å². The molecule has 0 N–H and O–H groups in total. The molecular weight excluding hydrogens is 132 g/mol. The molecule has 1 saturated heterocycles. The molecule has 0 aromatic rings. The van der Waals surface area contributed by atoms with Gasteiger partial charge in [0.15, 0.2) is 6.29 Å². The van der Waals surface area contributed by atoms with E-state index in [1.165, 1.54) is 0 Å². The van der Waals surface area contributed by atoms with Gasteiger partial charge in [-0.3, -0.25) is 0 Å². The molecule has 1 rings (SSSR count). The van der Waals surface area contributed by atoms with Crippen LogP contribution in [-0.2, 0) is 14.2 Å². The maximum Gasteiger partial charge on any atom is 0.180 e. The minimum absolute atomic E-state index is 0.135. The van der Waals surface area contributed by atoms with Crippen LogP contribution >= 0.6 is 0 Å². The minimum Gasteiger partial charge on any atom is -0.374 e. The summed E-state index contributed by atoms with van der Waals surface area (Å²) in [7, 11) is 1.61. The Morgan fingerprint density at radius 2 is 2.00 bits per heavy atom. The van der Waals surface area contributed by atoms with Gasteiger partial charge in [-0.25, -0.2) is 0 Å². The third kappa shape index (κ3) is 3.82. The second-order valence-corrected chi connectivity index (χ2v) is 1.61. The molecule has 1 unspecified atom stereocenters. The summed E-state index contributed by atoms with van der Waals surface area (Å²) < 4.78 is 14.9. The Hall–Kier alpha value is -0.120. The summed E-state index contributed by atoms with van der Waals surface area (Å²) in [5, 5.41) is 0. The maximum absolute atomic E-state index is 5.08. The van der Waals surface area contributed by atoms with Crippen molar-refractivity contribution in [3.8, 4) is 0 Å². The van der Waals surface area contributed by atoms with E-state index >= 15 is 0 Å². The van der Waals surface area contributed by atoms with Crippen LogP contribution in [-0.4, -0.2) is 33.2 Å². The first kappa shape index (κ1) is 9.88. The van der Waals surface area contributed by atoms with Gasteiger partial charge in [-0.15, -0.1) is 0 Å². The zero-order valence-corrected chi connectivity index (χ0v) is 6.92. The van der Waals surface area contributed by atoms with Crippen LogP contribution in [0.4, 0.5) is 0 Å². The predicted molar refractivity (Wildman–Crippen MR) is 38.9 cm³/mol. The van der Waals surface area contributed by atoms with Crippen molar-refractivity contribution < 1.29 is 14.2 Å². The van der Waals surface area contributed by atoms with Crippen molar-refractivity contribution in [1.29, 1.82) is 0 Å². The van der Waals surface area contributed by atoms with Gasteiger partial charge in [0.2, 0.25) is 0 Å². The summed E-state index contributed by atoms with van der Waals surface area (Å²) in [4.78, 5) is 0. The van der Waals surface area contributed by atoms with Crippen molar-refractivity contribution in [2.75, 3.05) is 26.9 Å². The van der Waals surface area contributed by atoms with Gasteiger partial charge in [0.25, 0.3) is 0 Å². The van der Waals surface area contributed by atoms with E-state index in [2.05, 4.69) is 0 Å². The highest BCUT2D eigenvalue weighted by molar-refractivity contribution is 4.46. The SMILES string of the molecule is CC.COC1COCCO1. The molecule has 0 amide bonds. The fourth-order valence-corrected chi connectivity index (χ4v) is 0.602. The molecule has 62 valence electrons. The lowest BCUT2D eigenvalue weighted by Crippen LogP contribution is -2.29. The summed E-state index contributed by atoms with van der Waals surface area (Å²) in [6, 6.07) is 0. The van der Waals surface area contributed by atoms with Crippen molar-refractivity contribution in [1.82, 2.24) is 0 Å². The number of methoxy groups -OCH3 is 1. The molecule has 0 aromatic heterocycles. The van der Waals surface area contributed by atoms with Crippen molar-refractivity contribution in [2.45, 2.75) is 20.1 Å². The van der Waals surface area contributed by atoms with Gasteiger partial charge >= 0.3 is 0 Å². The zero-order valence-electron chi connectivity index (χ0n) is 6.92. The molecule has 3 heteroatoms. The smallest absolute Gasteiger partial charge is 0.180 e. The summed E-state index contributed by atoms with van der Waals surface area (Å²) in [6.45, 7) is 5.91. The summed E-state index contributed by atoms with van der Waals surface area (Å²) >= 11 is 0. The molecule has 3 nitrogen and oxygen atoms in total. The fourth-order valence-electron chi connectivity index (χ4n) is 0.602.